The summed E-state index contributed by atoms with van der Waals surface area (Å²) in [6, 6.07) is -12.4. The summed E-state index contributed by atoms with van der Waals surface area (Å²) in [5.41, 5.74) is 13.8. The Morgan fingerprint density at radius 2 is 0.970 bits per heavy atom. The Kier molecular flexibility index (Phi) is 32.5. The molecule has 3 heterocycles. The number of benzene rings is 1. The van der Waals surface area contributed by atoms with Crippen LogP contribution in [0.25, 0.3) is 10.9 Å². The Morgan fingerprint density at radius 1 is 0.520 bits per heavy atom. The number of aliphatic hydroxyl groups excluding tert-OH is 3. The molecular weight excluding hydrogens is 1340 g/mol. The Labute approximate surface area is 576 Å². The van der Waals surface area contributed by atoms with E-state index in [-0.39, 0.29) is 30.7 Å². The van der Waals surface area contributed by atoms with Crippen LogP contribution in [0, 0.1) is 5.92 Å². The number of para-hydroxylation sites is 1. The Hall–Kier alpha value is -10.6. The fourth-order valence-corrected chi connectivity index (χ4v) is 9.85. The average Bonchev–Trinajstić information content (AvgIpc) is 1.50. The number of nitrogens with one attached hydrogen (secondary N) is 15. The SMILES string of the molecule is CC[C@H](C)[C@H](NC(=O)[C@H](CCC(=O)O)NC(=O)[C@@H](N)Cc1c[nH]c2ccccc12)C(=O)N[C@@H](Cc1cnc[nH]1)C(=O)N[C@@H](CC(N)=O)C(=O)N[C@@H](C)C(=O)N[C@@H](CS)C(=O)N[C@@H](Cc1cnc[nH]1)C(=O)N[C@H](C(=O)N[C@@H](CO)C(=O)N[C@H](C(=O)N[C@@H](C)C(=O)NCC(=O)O)[C@@H](C)O)[C@@H](C)O. The number of nitrogens with two attached hydrogens (primary N) is 2. The number of thiol groups is 1. The maximum absolute atomic E-state index is 14.4. The molecule has 0 saturated heterocycles. The molecule has 548 valence electrons. The van der Waals surface area contributed by atoms with Crippen LogP contribution in [0.3, 0.4) is 0 Å². The van der Waals surface area contributed by atoms with Gasteiger partial charge in [0.25, 0.3) is 0 Å². The minimum absolute atomic E-state index is 0.0286. The predicted molar refractivity (Wildman–Crippen MR) is 352 cm³/mol. The van der Waals surface area contributed by atoms with E-state index < -0.39 is 224 Å². The third-order valence-corrected chi connectivity index (χ3v) is 15.8. The van der Waals surface area contributed by atoms with Crippen molar-refractivity contribution in [2.24, 2.45) is 17.4 Å². The van der Waals surface area contributed by atoms with Gasteiger partial charge in [0.15, 0.2) is 0 Å². The molecule has 0 aliphatic rings. The summed E-state index contributed by atoms with van der Waals surface area (Å²) in [5.74, 6) is -18.0. The minimum Gasteiger partial charge on any atom is -0.481 e. The molecule has 0 radical (unpaired) electrons. The number of amides is 13. The summed E-state index contributed by atoms with van der Waals surface area (Å²) < 4.78 is 0. The zero-order valence-corrected chi connectivity index (χ0v) is 56.2. The van der Waals surface area contributed by atoms with Gasteiger partial charge in [-0.15, -0.1) is 0 Å². The molecule has 39 nitrogen and oxygen atoms in total. The number of nitrogens with zero attached hydrogens (tertiary/aromatic N) is 2. The number of H-pyrrole nitrogens is 3. The smallest absolute Gasteiger partial charge is 0.322 e. The number of rotatable bonds is 42. The van der Waals surface area contributed by atoms with E-state index in [9.17, 15) is 92.3 Å². The number of carbonyl (C=O) groups excluding carboxylic acids is 13. The molecule has 0 fully saturated rings. The number of aromatic amines is 3. The molecule has 0 aliphatic heterocycles. The van der Waals surface area contributed by atoms with Gasteiger partial charge in [-0.3, -0.25) is 71.9 Å². The monoisotopic (exact) mass is 1430 g/mol. The summed E-state index contributed by atoms with van der Waals surface area (Å²) >= 11 is 4.18. The van der Waals surface area contributed by atoms with E-state index in [1.807, 2.05) is 23.5 Å². The second kappa shape index (κ2) is 39.7. The zero-order chi connectivity index (χ0) is 74.7. The second-order valence-electron chi connectivity index (χ2n) is 23.5. The van der Waals surface area contributed by atoms with Gasteiger partial charge in [-0.1, -0.05) is 38.5 Å². The van der Waals surface area contributed by atoms with Crippen molar-refractivity contribution in [1.82, 2.24) is 88.7 Å². The summed E-state index contributed by atoms with van der Waals surface area (Å²) in [6.45, 7) is 5.77. The van der Waals surface area contributed by atoms with Gasteiger partial charge in [0.2, 0.25) is 76.8 Å². The highest BCUT2D eigenvalue weighted by Crippen LogP contribution is 2.19. The number of fused-ring (bicyclic) bond motifs is 1. The topological polar surface area (TPSA) is 627 Å². The molecule has 0 spiro atoms. The van der Waals surface area contributed by atoms with Crippen LogP contribution in [0.15, 0.2) is 55.5 Å². The lowest BCUT2D eigenvalue weighted by atomic mass is 9.96. The first-order valence-electron chi connectivity index (χ1n) is 31.3. The number of aliphatic carboxylic acids is 2. The normalized spacial score (nSPS) is 15.7. The maximum Gasteiger partial charge on any atom is 0.322 e. The van der Waals surface area contributed by atoms with Crippen LogP contribution in [0.1, 0.15) is 84.2 Å². The van der Waals surface area contributed by atoms with Crippen LogP contribution >= 0.6 is 12.6 Å². The zero-order valence-electron chi connectivity index (χ0n) is 55.3. The molecule has 0 unspecified atom stereocenters. The molecule has 4 aromatic rings. The van der Waals surface area contributed by atoms with Crippen LogP contribution in [0.5, 0.6) is 0 Å². The van der Waals surface area contributed by atoms with Crippen molar-refractivity contribution in [1.29, 1.82) is 0 Å². The van der Waals surface area contributed by atoms with Gasteiger partial charge in [0, 0.05) is 65.9 Å². The van der Waals surface area contributed by atoms with E-state index in [1.54, 1.807) is 26.1 Å². The maximum atomic E-state index is 14.4. The van der Waals surface area contributed by atoms with Crippen molar-refractivity contribution in [3.63, 3.8) is 0 Å². The standard InChI is InChI=1S/C60H87N19O20S/c1-7-26(2)46(77-52(91)37(12-13-44(84)85)71-51(90)35(61)14-31-18-65-36-11-9-8-10-34(31)36)58(97)74-38(15-32-19-63-24-67-32)54(93)73-40(17-43(62)83)53(92)69-28(4)50(89)76-42(23-100)57(96)72-39(16-33-20-64-25-68-33)55(94)78-48(30(6)82)60(99)75-41(22-80)56(95)79-47(29(5)81)59(98)70-27(3)49(88)66-21-45(86)87/h8-11,18-20,24-30,35,37-42,46-48,65,80-82,100H,7,12-17,21-23,61H2,1-6H3,(H2,62,83)(H,63,67)(H,64,68)(H,66,88)(H,69,92)(H,70,98)(H,71,90)(H,72,96)(H,73,93)(H,74,97)(H,75,99)(H,76,89)(H,77,91)(H,78,94)(H,79,95)(H,84,85)(H,86,87)/t26-,27-,28-,29+,30+,35-,37-,38-,39-,40-,41-,42-,46-,47-,48-/m0/s1. The first-order valence-corrected chi connectivity index (χ1v) is 32.0. The number of aromatic nitrogens is 5. The van der Waals surface area contributed by atoms with E-state index in [1.165, 1.54) is 32.0 Å². The number of hydrogen-bond donors (Lipinski definition) is 23. The molecule has 100 heavy (non-hydrogen) atoms. The Morgan fingerprint density at radius 3 is 1.49 bits per heavy atom. The van der Waals surface area contributed by atoms with E-state index in [2.05, 4.69) is 96.0 Å². The highest BCUT2D eigenvalue weighted by Gasteiger charge is 2.39. The van der Waals surface area contributed by atoms with E-state index in [0.717, 1.165) is 31.7 Å². The lowest BCUT2D eigenvalue weighted by molar-refractivity contribution is -0.139. The fourth-order valence-electron chi connectivity index (χ4n) is 9.60. The summed E-state index contributed by atoms with van der Waals surface area (Å²) in [5, 5.41) is 78.1. The van der Waals surface area contributed by atoms with E-state index in [4.69, 9.17) is 16.6 Å². The van der Waals surface area contributed by atoms with Gasteiger partial charge < -0.3 is 116 Å². The number of hydrogen-bond acceptors (Lipinski definition) is 22. The second-order valence-corrected chi connectivity index (χ2v) is 23.8. The number of imidazole rings is 2. The number of primary amides is 1. The fraction of sp³-hybridized carbons (Fsp3) is 0.517. The molecule has 0 bridgehead atoms. The lowest BCUT2D eigenvalue weighted by Crippen LogP contribution is -2.63. The van der Waals surface area contributed by atoms with Crippen molar-refractivity contribution < 1.29 is 97.5 Å². The van der Waals surface area contributed by atoms with Crippen molar-refractivity contribution in [2.45, 2.75) is 171 Å². The van der Waals surface area contributed by atoms with Crippen LogP contribution in [0.4, 0.5) is 0 Å². The van der Waals surface area contributed by atoms with Gasteiger partial charge in [-0.05, 0) is 58.1 Å². The molecular formula is C60H87N19O20S. The highest BCUT2D eigenvalue weighted by molar-refractivity contribution is 7.80. The van der Waals surface area contributed by atoms with Crippen LogP contribution < -0.4 is 75.3 Å². The molecule has 4 rings (SSSR count). The third kappa shape index (κ3) is 25.7. The molecule has 0 aliphatic carbocycles. The van der Waals surface area contributed by atoms with Gasteiger partial charge >= 0.3 is 11.9 Å². The lowest BCUT2D eigenvalue weighted by Gasteiger charge is -2.29. The van der Waals surface area contributed by atoms with Gasteiger partial charge in [0.1, 0.15) is 73.0 Å². The van der Waals surface area contributed by atoms with Crippen molar-refractivity contribution in [2.75, 3.05) is 18.9 Å². The predicted octanol–water partition coefficient (Wildman–Crippen LogP) is -7.99. The van der Waals surface area contributed by atoms with Crippen molar-refractivity contribution >= 4 is 112 Å². The number of carbonyl (C=O) groups is 15. The van der Waals surface area contributed by atoms with Crippen molar-refractivity contribution in [3.8, 4) is 0 Å². The molecule has 13 amide bonds. The Bertz CT molecular complexity index is 3520. The van der Waals surface area contributed by atoms with E-state index >= 15 is 0 Å². The third-order valence-electron chi connectivity index (χ3n) is 15.5. The van der Waals surface area contributed by atoms with Crippen LogP contribution in [-0.2, 0) is 91.2 Å². The first kappa shape index (κ1) is 81.8. The molecule has 3 aromatic heterocycles. The molecule has 1 aromatic carbocycles. The summed E-state index contributed by atoms with van der Waals surface area (Å²) in [6.07, 6.45) is 0.941. The Balaban J connectivity index is 1.46. The van der Waals surface area contributed by atoms with Gasteiger partial charge in [-0.25, -0.2) is 9.97 Å². The summed E-state index contributed by atoms with van der Waals surface area (Å²) in [4.78, 5) is 216. The number of carboxylic acid groups (broad SMARTS) is 2. The average molecular weight is 1430 g/mol. The highest BCUT2D eigenvalue weighted by atomic mass is 32.1. The van der Waals surface area contributed by atoms with Crippen LogP contribution in [-0.4, -0.2) is 243 Å². The van der Waals surface area contributed by atoms with E-state index in [0.29, 0.717) is 5.56 Å². The minimum atomic E-state index is -1.96. The van der Waals surface area contributed by atoms with Gasteiger partial charge in [0.05, 0.1) is 43.9 Å². The quantitative estimate of drug-likeness (QED) is 0.0183. The van der Waals surface area contributed by atoms with Gasteiger partial charge in [-0.2, -0.15) is 12.6 Å². The molecule has 24 N–H and O–H groups in total. The number of carboxylic acids is 2. The molecule has 0 saturated carbocycles. The summed E-state index contributed by atoms with van der Waals surface area (Å²) in [7, 11) is 0. The molecule has 15 atom stereocenters. The van der Waals surface area contributed by atoms with Crippen molar-refractivity contribution in [3.05, 3.63) is 72.5 Å². The first-order chi connectivity index (χ1) is 47.2. The largest absolute Gasteiger partial charge is 0.481 e. The van der Waals surface area contributed by atoms with Crippen LogP contribution in [0.2, 0.25) is 0 Å². The molecule has 40 heteroatoms. The number of aliphatic hydroxyl groups is 3.